The molecule has 0 saturated carbocycles. The van der Waals surface area contributed by atoms with E-state index < -0.39 is 5.97 Å². The molecule has 1 amide bonds. The van der Waals surface area contributed by atoms with Crippen molar-refractivity contribution in [3.63, 3.8) is 0 Å². The minimum atomic E-state index is -0.494. The van der Waals surface area contributed by atoms with Gasteiger partial charge in [-0.2, -0.15) is 0 Å². The zero-order valence-corrected chi connectivity index (χ0v) is 13.3. The molecule has 22 heavy (non-hydrogen) atoms. The van der Waals surface area contributed by atoms with Crippen LogP contribution in [0.15, 0.2) is 18.2 Å². The van der Waals surface area contributed by atoms with Crippen LogP contribution in [0.1, 0.15) is 34.6 Å². The summed E-state index contributed by atoms with van der Waals surface area (Å²) in [5, 5.41) is 0. The Morgan fingerprint density at radius 1 is 1.09 bits per heavy atom. The van der Waals surface area contributed by atoms with E-state index in [4.69, 9.17) is 5.73 Å². The summed E-state index contributed by atoms with van der Waals surface area (Å²) < 4.78 is 4.69. The zero-order valence-electron chi connectivity index (χ0n) is 13.3. The number of nitrogens with two attached hydrogens (primary N) is 1. The average Bonchev–Trinajstić information content (AvgIpc) is 2.52. The second kappa shape index (κ2) is 6.79. The molecule has 1 aromatic rings. The molecule has 1 aromatic carbocycles. The molecule has 1 saturated heterocycles. The lowest BCUT2D eigenvalue weighted by Crippen LogP contribution is -2.50. The van der Waals surface area contributed by atoms with Crippen LogP contribution in [0.2, 0.25) is 0 Å². The van der Waals surface area contributed by atoms with Crippen LogP contribution in [-0.4, -0.2) is 61.0 Å². The van der Waals surface area contributed by atoms with E-state index in [1.807, 2.05) is 0 Å². The first-order valence-electron chi connectivity index (χ1n) is 7.44. The lowest BCUT2D eigenvalue weighted by Gasteiger charge is -2.37. The van der Waals surface area contributed by atoms with Crippen LogP contribution in [0.25, 0.3) is 0 Å². The molecule has 0 aromatic heterocycles. The van der Waals surface area contributed by atoms with E-state index in [0.29, 0.717) is 35.9 Å². The largest absolute Gasteiger partial charge is 0.465 e. The minimum Gasteiger partial charge on any atom is -0.465 e. The monoisotopic (exact) mass is 305 g/mol. The summed E-state index contributed by atoms with van der Waals surface area (Å²) >= 11 is 0. The molecule has 2 rings (SSSR count). The fourth-order valence-corrected chi connectivity index (χ4v) is 2.63. The SMILES string of the molecule is COC(=O)c1cc(N)cc(C(=O)N2CCN(C(C)C)CC2)c1. The summed E-state index contributed by atoms with van der Waals surface area (Å²) in [5.74, 6) is -0.591. The lowest BCUT2D eigenvalue weighted by atomic mass is 10.1. The van der Waals surface area contributed by atoms with Crippen molar-refractivity contribution in [2.45, 2.75) is 19.9 Å². The third kappa shape index (κ3) is 3.57. The number of esters is 1. The number of benzene rings is 1. The number of rotatable bonds is 3. The Balaban J connectivity index is 2.13. The van der Waals surface area contributed by atoms with Crippen molar-refractivity contribution < 1.29 is 14.3 Å². The zero-order chi connectivity index (χ0) is 16.3. The van der Waals surface area contributed by atoms with E-state index in [2.05, 4.69) is 23.5 Å². The van der Waals surface area contributed by atoms with Gasteiger partial charge in [-0.3, -0.25) is 9.69 Å². The molecule has 1 aliphatic rings. The Bertz CT molecular complexity index is 564. The summed E-state index contributed by atoms with van der Waals surface area (Å²) in [5.41, 5.74) is 6.90. The number of hydrogen-bond acceptors (Lipinski definition) is 5. The van der Waals surface area contributed by atoms with Crippen molar-refractivity contribution >= 4 is 17.6 Å². The quantitative estimate of drug-likeness (QED) is 0.671. The number of anilines is 1. The number of carbonyl (C=O) groups excluding carboxylic acids is 2. The Kier molecular flexibility index (Phi) is 5.03. The molecule has 1 aliphatic heterocycles. The molecular weight excluding hydrogens is 282 g/mol. The van der Waals surface area contributed by atoms with Crippen molar-refractivity contribution in [2.24, 2.45) is 0 Å². The van der Waals surface area contributed by atoms with Crippen LogP contribution in [0.3, 0.4) is 0 Å². The van der Waals surface area contributed by atoms with E-state index >= 15 is 0 Å². The van der Waals surface area contributed by atoms with E-state index in [9.17, 15) is 9.59 Å². The number of carbonyl (C=O) groups is 2. The standard InChI is InChI=1S/C16H23N3O3/c1-11(2)18-4-6-19(7-5-18)15(20)12-8-13(16(21)22-3)10-14(17)9-12/h8-11H,4-7,17H2,1-3H3. The highest BCUT2D eigenvalue weighted by atomic mass is 16.5. The highest BCUT2D eigenvalue weighted by Crippen LogP contribution is 2.16. The van der Waals surface area contributed by atoms with E-state index in [1.54, 1.807) is 17.0 Å². The first-order valence-corrected chi connectivity index (χ1v) is 7.44. The summed E-state index contributed by atoms with van der Waals surface area (Å²) in [6, 6.07) is 5.14. The van der Waals surface area contributed by atoms with Crippen LogP contribution in [-0.2, 0) is 4.74 Å². The maximum atomic E-state index is 12.6. The molecule has 2 N–H and O–H groups in total. The summed E-state index contributed by atoms with van der Waals surface area (Å²) in [7, 11) is 1.30. The predicted molar refractivity (Wildman–Crippen MR) is 84.8 cm³/mol. The molecule has 1 heterocycles. The fraction of sp³-hybridized carbons (Fsp3) is 0.500. The van der Waals surface area contributed by atoms with Crippen LogP contribution in [0, 0.1) is 0 Å². The van der Waals surface area contributed by atoms with Gasteiger partial charge in [-0.15, -0.1) is 0 Å². The first-order chi connectivity index (χ1) is 10.4. The number of nitrogen functional groups attached to an aromatic ring is 1. The van der Waals surface area contributed by atoms with Gasteiger partial charge in [0.15, 0.2) is 0 Å². The van der Waals surface area contributed by atoms with Crippen LogP contribution < -0.4 is 5.73 Å². The van der Waals surface area contributed by atoms with E-state index in [1.165, 1.54) is 13.2 Å². The predicted octanol–water partition coefficient (Wildman–Crippen LogP) is 1.22. The van der Waals surface area contributed by atoms with Gasteiger partial charge in [0, 0.05) is 43.5 Å². The molecule has 0 spiro atoms. The molecule has 0 atom stereocenters. The number of amides is 1. The Hall–Kier alpha value is -2.08. The molecule has 0 aliphatic carbocycles. The summed E-state index contributed by atoms with van der Waals surface area (Å²) in [6.07, 6.45) is 0. The molecule has 6 heteroatoms. The normalized spacial score (nSPS) is 15.9. The van der Waals surface area contributed by atoms with Gasteiger partial charge in [-0.05, 0) is 32.0 Å². The van der Waals surface area contributed by atoms with Crippen molar-refractivity contribution in [1.82, 2.24) is 9.80 Å². The third-order valence-corrected chi connectivity index (χ3v) is 3.96. The number of hydrogen-bond donors (Lipinski definition) is 1. The van der Waals surface area contributed by atoms with Gasteiger partial charge in [0.25, 0.3) is 5.91 Å². The van der Waals surface area contributed by atoms with Gasteiger partial charge in [-0.25, -0.2) is 4.79 Å². The number of nitrogens with zero attached hydrogens (tertiary/aromatic N) is 2. The van der Waals surface area contributed by atoms with Crippen molar-refractivity contribution in [3.05, 3.63) is 29.3 Å². The average molecular weight is 305 g/mol. The molecular formula is C16H23N3O3. The maximum absolute atomic E-state index is 12.6. The highest BCUT2D eigenvalue weighted by molar-refractivity contribution is 5.99. The lowest BCUT2D eigenvalue weighted by molar-refractivity contribution is 0.0594. The molecule has 0 radical (unpaired) electrons. The van der Waals surface area contributed by atoms with Gasteiger partial charge in [0.1, 0.15) is 0 Å². The van der Waals surface area contributed by atoms with Crippen molar-refractivity contribution in [1.29, 1.82) is 0 Å². The smallest absolute Gasteiger partial charge is 0.337 e. The highest BCUT2D eigenvalue weighted by Gasteiger charge is 2.24. The van der Waals surface area contributed by atoms with Crippen molar-refractivity contribution in [3.8, 4) is 0 Å². The van der Waals surface area contributed by atoms with E-state index in [0.717, 1.165) is 13.1 Å². The van der Waals surface area contributed by atoms with Gasteiger partial charge in [-0.1, -0.05) is 0 Å². The molecule has 6 nitrogen and oxygen atoms in total. The second-order valence-corrected chi connectivity index (χ2v) is 5.76. The molecule has 0 bridgehead atoms. The Labute approximate surface area is 130 Å². The van der Waals surface area contributed by atoms with Gasteiger partial charge < -0.3 is 15.4 Å². The fourth-order valence-electron chi connectivity index (χ4n) is 2.63. The summed E-state index contributed by atoms with van der Waals surface area (Å²) in [4.78, 5) is 28.4. The minimum absolute atomic E-state index is 0.0964. The summed E-state index contributed by atoms with van der Waals surface area (Å²) in [6.45, 7) is 7.37. The number of ether oxygens (including phenoxy) is 1. The van der Waals surface area contributed by atoms with Crippen molar-refractivity contribution in [2.75, 3.05) is 39.0 Å². The van der Waals surface area contributed by atoms with Gasteiger partial charge in [0.2, 0.25) is 0 Å². The van der Waals surface area contributed by atoms with E-state index in [-0.39, 0.29) is 5.91 Å². The molecule has 120 valence electrons. The molecule has 0 unspecified atom stereocenters. The second-order valence-electron chi connectivity index (χ2n) is 5.76. The van der Waals surface area contributed by atoms with Crippen LogP contribution in [0.5, 0.6) is 0 Å². The maximum Gasteiger partial charge on any atom is 0.337 e. The molecule has 1 fully saturated rings. The first kappa shape index (κ1) is 16.3. The Morgan fingerprint density at radius 3 is 2.23 bits per heavy atom. The van der Waals surface area contributed by atoms with Gasteiger partial charge in [0.05, 0.1) is 12.7 Å². The topological polar surface area (TPSA) is 75.9 Å². The van der Waals surface area contributed by atoms with Crippen LogP contribution in [0.4, 0.5) is 5.69 Å². The van der Waals surface area contributed by atoms with Gasteiger partial charge >= 0.3 is 5.97 Å². The Morgan fingerprint density at radius 2 is 1.68 bits per heavy atom. The third-order valence-electron chi connectivity index (χ3n) is 3.96. The number of piperazine rings is 1. The van der Waals surface area contributed by atoms with Crippen LogP contribution >= 0.6 is 0 Å². The number of methoxy groups -OCH3 is 1.